The molecule has 3 amide bonds. The Bertz CT molecular complexity index is 1770. The molecule has 4 aromatic carbocycles. The fourth-order valence-corrected chi connectivity index (χ4v) is 6.96. The van der Waals surface area contributed by atoms with Gasteiger partial charge in [-0.1, -0.05) is 105 Å². The quantitative estimate of drug-likeness (QED) is 0.163. The summed E-state index contributed by atoms with van der Waals surface area (Å²) < 4.78 is 0. The number of fused-ring (bicyclic) bond motifs is 1. The molecule has 3 atom stereocenters. The fourth-order valence-electron chi connectivity index (χ4n) is 6.96. The first-order chi connectivity index (χ1) is 23.4. The van der Waals surface area contributed by atoms with Crippen LogP contribution in [0.1, 0.15) is 61.4 Å². The molecule has 1 saturated carbocycles. The Morgan fingerprint density at radius 2 is 1.42 bits per heavy atom. The van der Waals surface area contributed by atoms with Gasteiger partial charge in [-0.2, -0.15) is 0 Å². The molecule has 0 saturated heterocycles. The number of nitrogens with one attached hydrogen (secondary N) is 1. The molecule has 2 aliphatic rings. The number of hydrogen-bond donors (Lipinski definition) is 2. The molecular weight excluding hydrogens is 600 g/mol. The minimum atomic E-state index is -0.974. The minimum Gasteiger partial charge on any atom is -0.369 e. The summed E-state index contributed by atoms with van der Waals surface area (Å²) >= 11 is 0. The summed E-state index contributed by atoms with van der Waals surface area (Å²) in [6, 6.07) is 32.5. The predicted octanol–water partition coefficient (Wildman–Crippen LogP) is 6.93. The number of carbonyl (C=O) groups excluding carboxylic acids is 4. The van der Waals surface area contributed by atoms with Crippen molar-refractivity contribution in [2.24, 2.45) is 23.5 Å². The average molecular weight is 643 g/mol. The van der Waals surface area contributed by atoms with E-state index in [4.69, 9.17) is 5.73 Å². The third-order valence-corrected chi connectivity index (χ3v) is 9.68. The van der Waals surface area contributed by atoms with Gasteiger partial charge in [0.25, 0.3) is 5.91 Å². The van der Waals surface area contributed by atoms with E-state index in [1.54, 1.807) is 41.3 Å². The first kappa shape index (κ1) is 32.7. The largest absolute Gasteiger partial charge is 0.369 e. The normalized spacial score (nSPS) is 17.4. The molecule has 4 aromatic rings. The number of carbonyl (C=O) groups is 4. The van der Waals surface area contributed by atoms with Gasteiger partial charge in [-0.05, 0) is 55.2 Å². The second kappa shape index (κ2) is 14.7. The second-order valence-electron chi connectivity index (χ2n) is 12.9. The van der Waals surface area contributed by atoms with Gasteiger partial charge in [-0.25, -0.2) is 0 Å². The van der Waals surface area contributed by atoms with Crippen LogP contribution in [0.4, 0.5) is 22.7 Å². The number of amides is 3. The van der Waals surface area contributed by atoms with Crippen LogP contribution in [0.25, 0.3) is 0 Å². The number of primary amides is 1. The monoisotopic (exact) mass is 642 g/mol. The maximum atomic E-state index is 14.8. The lowest BCUT2D eigenvalue weighted by Crippen LogP contribution is -2.53. The van der Waals surface area contributed by atoms with Gasteiger partial charge in [0.1, 0.15) is 6.04 Å². The zero-order valence-corrected chi connectivity index (χ0v) is 27.3. The molecule has 1 aliphatic heterocycles. The molecule has 0 radical (unpaired) electrons. The van der Waals surface area contributed by atoms with E-state index in [-0.39, 0.29) is 24.1 Å². The number of ketones is 1. The van der Waals surface area contributed by atoms with Crippen LogP contribution < -0.4 is 20.9 Å². The Morgan fingerprint density at radius 3 is 2.06 bits per heavy atom. The van der Waals surface area contributed by atoms with E-state index >= 15 is 0 Å². The first-order valence-electron chi connectivity index (χ1n) is 16.9. The summed E-state index contributed by atoms with van der Waals surface area (Å²) in [4.78, 5) is 58.9. The molecular formula is C40H42N4O4. The highest BCUT2D eigenvalue weighted by atomic mass is 16.2. The number of nitrogens with zero attached hydrogens (tertiary/aromatic N) is 2. The lowest BCUT2D eigenvalue weighted by molar-refractivity contribution is -0.136. The molecule has 1 heterocycles. The lowest BCUT2D eigenvalue weighted by Gasteiger charge is -2.33. The van der Waals surface area contributed by atoms with Crippen molar-refractivity contribution >= 4 is 46.3 Å². The van der Waals surface area contributed by atoms with E-state index in [2.05, 4.69) is 5.32 Å². The molecule has 6 rings (SSSR count). The van der Waals surface area contributed by atoms with Crippen LogP contribution >= 0.6 is 0 Å². The summed E-state index contributed by atoms with van der Waals surface area (Å²) in [6.45, 7) is 2.14. The Balaban J connectivity index is 1.42. The maximum Gasteiger partial charge on any atom is 0.256 e. The van der Waals surface area contributed by atoms with E-state index in [1.807, 2.05) is 84.6 Å². The van der Waals surface area contributed by atoms with Gasteiger partial charge in [-0.3, -0.25) is 24.1 Å². The number of para-hydroxylation sites is 3. The van der Waals surface area contributed by atoms with Gasteiger partial charge in [0.2, 0.25) is 11.8 Å². The highest BCUT2D eigenvalue weighted by Crippen LogP contribution is 2.41. The summed E-state index contributed by atoms with van der Waals surface area (Å²) in [6.07, 6.45) is 4.94. The van der Waals surface area contributed by atoms with E-state index in [1.165, 1.54) is 0 Å². The molecule has 0 spiro atoms. The van der Waals surface area contributed by atoms with Crippen molar-refractivity contribution in [2.45, 2.75) is 51.5 Å². The molecule has 48 heavy (non-hydrogen) atoms. The van der Waals surface area contributed by atoms with Gasteiger partial charge in [0, 0.05) is 34.3 Å². The van der Waals surface area contributed by atoms with Crippen LogP contribution in [0.2, 0.25) is 0 Å². The van der Waals surface area contributed by atoms with Crippen molar-refractivity contribution in [3.63, 3.8) is 0 Å². The lowest BCUT2D eigenvalue weighted by atomic mass is 9.74. The van der Waals surface area contributed by atoms with Crippen LogP contribution in [0.15, 0.2) is 109 Å². The summed E-state index contributed by atoms with van der Waals surface area (Å²) in [7, 11) is 0. The van der Waals surface area contributed by atoms with Gasteiger partial charge < -0.3 is 16.0 Å². The Labute approximate surface area is 281 Å². The minimum absolute atomic E-state index is 0.156. The number of nitrogens with two attached hydrogens (primary N) is 1. The second-order valence-corrected chi connectivity index (χ2v) is 12.9. The van der Waals surface area contributed by atoms with E-state index < -0.39 is 23.8 Å². The predicted molar refractivity (Wildman–Crippen MR) is 188 cm³/mol. The van der Waals surface area contributed by atoms with Crippen molar-refractivity contribution in [2.75, 3.05) is 16.3 Å². The van der Waals surface area contributed by atoms with Crippen molar-refractivity contribution in [3.8, 4) is 0 Å². The molecule has 0 bridgehead atoms. The fraction of sp³-hybridized carbons (Fsp3) is 0.300. The van der Waals surface area contributed by atoms with Crippen molar-refractivity contribution in [1.29, 1.82) is 0 Å². The molecule has 8 nitrogen and oxygen atoms in total. The standard InChI is InChI=1S/C40H42N4O4/c1-2-13-32(38(41)46)33(24-27-14-11-15-27)39(47)42-34-26-43(30-19-7-4-8-20-30)35-22-9-10-23-36(35)44(40(34)48)31-21-12-18-29(25-31)37(45)28-16-5-3-6-17-28/h3-10,12,16-23,25,27,32-34H,2,11,13-15,24,26H2,1H3,(H2,41,46)(H,42,47)/t32-,33+,34?/m0/s1. The molecule has 1 aliphatic carbocycles. The van der Waals surface area contributed by atoms with Gasteiger partial charge in [0.15, 0.2) is 5.78 Å². The Hall–Kier alpha value is -5.24. The first-order valence-corrected chi connectivity index (χ1v) is 16.9. The maximum absolute atomic E-state index is 14.8. The zero-order chi connectivity index (χ0) is 33.6. The molecule has 8 heteroatoms. The molecule has 0 aromatic heterocycles. The highest BCUT2D eigenvalue weighted by molar-refractivity contribution is 6.12. The smallest absolute Gasteiger partial charge is 0.256 e. The van der Waals surface area contributed by atoms with E-state index in [0.717, 1.165) is 30.6 Å². The number of rotatable bonds is 12. The molecule has 1 unspecified atom stereocenters. The van der Waals surface area contributed by atoms with Gasteiger partial charge >= 0.3 is 0 Å². The Morgan fingerprint density at radius 1 is 0.792 bits per heavy atom. The summed E-state index contributed by atoms with van der Waals surface area (Å²) in [5.41, 5.74) is 9.65. The van der Waals surface area contributed by atoms with Crippen LogP contribution in [-0.2, 0) is 14.4 Å². The van der Waals surface area contributed by atoms with Crippen molar-refractivity contribution < 1.29 is 19.2 Å². The van der Waals surface area contributed by atoms with Crippen molar-refractivity contribution in [3.05, 3.63) is 120 Å². The Kier molecular flexibility index (Phi) is 9.99. The van der Waals surface area contributed by atoms with Crippen LogP contribution in [-0.4, -0.2) is 36.1 Å². The SMILES string of the molecule is CCC[C@H](C(N)=O)[C@@H](CC1CCC1)C(=O)NC1CN(c2ccccc2)c2ccccc2N(c2cccc(C(=O)c3ccccc3)c2)C1=O. The summed E-state index contributed by atoms with van der Waals surface area (Å²) in [5.74, 6) is -2.20. The third kappa shape index (κ3) is 6.88. The molecule has 3 N–H and O–H groups in total. The van der Waals surface area contributed by atoms with E-state index in [9.17, 15) is 19.2 Å². The highest BCUT2D eigenvalue weighted by Gasteiger charge is 2.40. The molecule has 1 fully saturated rings. The number of benzene rings is 4. The topological polar surface area (TPSA) is 113 Å². The molecule has 246 valence electrons. The van der Waals surface area contributed by atoms with Crippen LogP contribution in [0.3, 0.4) is 0 Å². The van der Waals surface area contributed by atoms with Crippen molar-refractivity contribution in [1.82, 2.24) is 5.32 Å². The summed E-state index contributed by atoms with van der Waals surface area (Å²) in [5, 5.41) is 3.11. The van der Waals surface area contributed by atoms with Crippen LogP contribution in [0.5, 0.6) is 0 Å². The van der Waals surface area contributed by atoms with Gasteiger partial charge in [-0.15, -0.1) is 0 Å². The van der Waals surface area contributed by atoms with Crippen LogP contribution in [0, 0.1) is 17.8 Å². The van der Waals surface area contributed by atoms with Gasteiger partial charge in [0.05, 0.1) is 17.9 Å². The number of anilines is 4. The third-order valence-electron chi connectivity index (χ3n) is 9.68. The number of hydrogen-bond acceptors (Lipinski definition) is 5. The van der Waals surface area contributed by atoms with E-state index in [0.29, 0.717) is 47.7 Å². The zero-order valence-electron chi connectivity index (χ0n) is 27.3. The average Bonchev–Trinajstić information content (AvgIpc) is 3.21.